The maximum atomic E-state index is 13.9. The van der Waals surface area contributed by atoms with E-state index in [0.717, 1.165) is 175 Å². The van der Waals surface area contributed by atoms with E-state index in [-0.39, 0.29) is 40.1 Å². The molecule has 0 spiro atoms. The van der Waals surface area contributed by atoms with Crippen LogP contribution in [-0.4, -0.2) is 165 Å². The van der Waals surface area contributed by atoms with Crippen LogP contribution in [0.5, 0.6) is 0 Å². The number of carbonyl (C=O) groups excluding carboxylic acids is 2. The van der Waals surface area contributed by atoms with Crippen molar-refractivity contribution in [3.05, 3.63) is 217 Å². The number of nitriles is 3. The zero-order chi connectivity index (χ0) is 84.0. The van der Waals surface area contributed by atoms with Crippen molar-refractivity contribution >= 4 is 90.4 Å². The van der Waals surface area contributed by atoms with Crippen molar-refractivity contribution in [3.8, 4) is 18.2 Å². The Kier molecular flexibility index (Phi) is 30.7. The number of esters is 1. The average molecular weight is 1650 g/mol. The predicted molar refractivity (Wildman–Crippen MR) is 465 cm³/mol. The summed E-state index contributed by atoms with van der Waals surface area (Å²) in [6.45, 7) is 34.9. The first-order chi connectivity index (χ1) is 55.3. The van der Waals surface area contributed by atoms with Crippen LogP contribution in [0.4, 0.5) is 40.1 Å². The Labute approximate surface area is 696 Å². The second-order valence-electron chi connectivity index (χ2n) is 31.3. The zero-order valence-electron chi connectivity index (χ0n) is 69.3. The highest BCUT2D eigenvalue weighted by Gasteiger charge is 2.35. The first-order valence-corrected chi connectivity index (χ1v) is 42.7. The van der Waals surface area contributed by atoms with Crippen LogP contribution in [0, 0.1) is 120 Å². The van der Waals surface area contributed by atoms with Gasteiger partial charge in [0.1, 0.15) is 39.6 Å². The van der Waals surface area contributed by atoms with E-state index in [0.29, 0.717) is 89.8 Å². The summed E-state index contributed by atoms with van der Waals surface area (Å²) in [5.41, 5.74) is 19.1. The minimum absolute atomic E-state index is 0. The third-order valence-corrected chi connectivity index (χ3v) is 25.3. The molecule has 2 aromatic heterocycles. The number of aryl methyl sites for hydroxylation is 6. The summed E-state index contributed by atoms with van der Waals surface area (Å²) in [6.07, 6.45) is 6.95. The van der Waals surface area contributed by atoms with Crippen molar-refractivity contribution in [3.63, 3.8) is 0 Å². The van der Waals surface area contributed by atoms with Crippen LogP contribution in [-0.2, 0) is 31.2 Å². The standard InChI is InChI=1S/C33H40N6O3S.C24H29N3O2.C23H27N3O2.C9H14N4O2S.ClH/c1-22-18-23(2)31(33(40)38-16-14-37(15-17-38)32-30(43(35,41)42)10-7-12-36-32)25(4)28(22)19-26-11-13-39(21-24(26)3)29-9-6-5-8-27(29)20-34;1-15-12-16(2)23(18(4)22(15)24(28)29-5)26-20-10-11-27(14-17(20)3)21-9-7-6-8-19(21)13-25;1-14-11-15(2)22(17(4)21(14)23(27)28)25-19-9-10-26(13-16(19)3)20-8-6-5-7-18(20)12-24;10-16(14,15)8-2-1-3-12-9(8)13-6-4-11-5-7-13;/h5-10,12,18,24,26H,11,13-17,19,21H2,1-4H3,(H2,35,41,42);6-9,12,17,20,26H,10-11,14H2,1-5H3;5-8,11,16,19,25H,9-10,13H2,1-4H3,(H,27,28);1-3,11H,4-7H2,(H2,10,14,15);1H/t24-,26-;17-,20+;16-,19+;;/m000../s1. The Morgan fingerprint density at radius 1 is 0.504 bits per heavy atom. The molecular formula is C89H111ClN16O9S2. The zero-order valence-corrected chi connectivity index (χ0v) is 71.8. The molecule has 0 bridgehead atoms. The first-order valence-electron chi connectivity index (χ1n) is 39.6. The number of benzene rings is 6. The second kappa shape index (κ2) is 39.9. The molecule has 7 heterocycles. The number of nitrogens with zero attached hydrogens (tertiary/aromatic N) is 11. The van der Waals surface area contributed by atoms with Gasteiger partial charge in [0, 0.05) is 133 Å². The number of carboxylic acids is 1. The molecule has 0 saturated carbocycles. The van der Waals surface area contributed by atoms with Gasteiger partial charge in [-0.05, 0) is 228 Å². The molecule has 5 aliphatic heterocycles. The summed E-state index contributed by atoms with van der Waals surface area (Å²) in [7, 11) is -6.20. The highest BCUT2D eigenvalue weighted by atomic mass is 35.5. The van der Waals surface area contributed by atoms with E-state index in [1.807, 2.05) is 141 Å². The number of amides is 1. The molecule has 0 unspecified atom stereocenters. The third-order valence-electron chi connectivity index (χ3n) is 23.4. The van der Waals surface area contributed by atoms with Crippen molar-refractivity contribution in [2.45, 2.75) is 131 Å². The summed E-state index contributed by atoms with van der Waals surface area (Å²) < 4.78 is 52.0. The van der Waals surface area contributed by atoms with Crippen LogP contribution in [0.1, 0.15) is 143 Å². The number of carbonyl (C=O) groups is 3. The third kappa shape index (κ3) is 21.3. The number of methoxy groups -OCH3 is 1. The Bertz CT molecular complexity index is 5310. The van der Waals surface area contributed by atoms with Gasteiger partial charge in [0.25, 0.3) is 5.91 Å². The second-order valence-corrected chi connectivity index (χ2v) is 34.4. The summed E-state index contributed by atoms with van der Waals surface area (Å²) in [5.74, 6) is 1.27. The Morgan fingerprint density at radius 3 is 1.31 bits per heavy atom. The van der Waals surface area contributed by atoms with Crippen LogP contribution in [0.15, 0.2) is 137 Å². The molecule has 0 radical (unpaired) electrons. The number of para-hydroxylation sites is 3. The molecule has 6 atom stereocenters. The minimum Gasteiger partial charge on any atom is -0.478 e. The SMILES string of the molecule is COC(=O)c1c(C)cc(C)c(N[C@@H]2CCN(c3ccccc3C#N)C[C@@H]2C)c1C.Cc1cc(C)c(C(=O)N2CCN(c3ncccc3S(N)(=O)=O)CC2)c(C)c1C[C@@H]1CCN(c2ccccc2C#N)C[C@@H]1C.Cc1cc(C)c(C(=O)O)c(C)c1N[C@@H]1CCN(c2ccccc2C#N)C[C@@H]1C.Cl.NS(=O)(=O)c1cccnc1N1CCNCC1. The number of nitrogens with one attached hydrogen (secondary N) is 3. The molecule has 0 aliphatic carbocycles. The van der Waals surface area contributed by atoms with Crippen molar-refractivity contribution in [1.82, 2.24) is 20.2 Å². The number of halogens is 1. The highest BCUT2D eigenvalue weighted by Crippen LogP contribution is 2.38. The topological polar surface area (TPSA) is 354 Å². The summed E-state index contributed by atoms with van der Waals surface area (Å²) in [5, 5.41) is 59.1. The minimum atomic E-state index is -3.91. The van der Waals surface area contributed by atoms with Crippen molar-refractivity contribution in [2.24, 2.45) is 33.9 Å². The van der Waals surface area contributed by atoms with Gasteiger partial charge >= 0.3 is 11.9 Å². The molecule has 13 rings (SSSR count). The molecule has 5 aliphatic rings. The summed E-state index contributed by atoms with van der Waals surface area (Å²) >= 11 is 0. The molecule has 5 saturated heterocycles. The number of nitrogens with two attached hydrogens (primary N) is 2. The molecule has 28 heteroatoms. The number of pyridine rings is 2. The number of hydrogen-bond acceptors (Lipinski definition) is 21. The Hall–Kier alpha value is -10.8. The predicted octanol–water partition coefficient (Wildman–Crippen LogP) is 12.9. The number of piperazine rings is 2. The van der Waals surface area contributed by atoms with Crippen LogP contribution in [0.25, 0.3) is 0 Å². The number of sulfonamides is 2. The van der Waals surface area contributed by atoms with E-state index in [1.54, 1.807) is 24.5 Å². The van der Waals surface area contributed by atoms with Gasteiger partial charge in [0.2, 0.25) is 20.0 Å². The number of aromatic carboxylic acids is 1. The fourth-order valence-electron chi connectivity index (χ4n) is 17.3. The number of primary sulfonamides is 2. The summed E-state index contributed by atoms with van der Waals surface area (Å²) in [4.78, 5) is 58.9. The van der Waals surface area contributed by atoms with Gasteiger partial charge in [0.05, 0.1) is 52.0 Å². The summed E-state index contributed by atoms with van der Waals surface area (Å²) in [6, 6.07) is 43.0. The number of aromatic nitrogens is 2. The van der Waals surface area contributed by atoms with Crippen molar-refractivity contribution in [2.75, 3.05) is 134 Å². The smallest absolute Gasteiger partial charge is 0.338 e. The van der Waals surface area contributed by atoms with Gasteiger partial charge in [-0.3, -0.25) is 4.79 Å². The number of carboxylic acid groups (broad SMARTS) is 1. The van der Waals surface area contributed by atoms with E-state index < -0.39 is 26.0 Å². The molecule has 8 N–H and O–H groups in total. The van der Waals surface area contributed by atoms with E-state index >= 15 is 0 Å². The molecular weight excluding hydrogens is 1540 g/mol. The number of ether oxygens (including phenoxy) is 1. The van der Waals surface area contributed by atoms with Crippen molar-refractivity contribution < 1.29 is 41.1 Å². The van der Waals surface area contributed by atoms with Gasteiger partial charge in [-0.25, -0.2) is 46.7 Å². The number of hydrogen-bond donors (Lipinski definition) is 6. The van der Waals surface area contributed by atoms with Crippen LogP contribution >= 0.6 is 12.4 Å². The lowest BCUT2D eigenvalue weighted by Crippen LogP contribution is -2.49. The molecule has 117 heavy (non-hydrogen) atoms. The van der Waals surface area contributed by atoms with Crippen molar-refractivity contribution in [1.29, 1.82) is 15.8 Å². The van der Waals surface area contributed by atoms with Gasteiger partial charge < -0.3 is 55.2 Å². The van der Waals surface area contributed by atoms with E-state index in [9.17, 15) is 52.1 Å². The average Bonchev–Trinajstić information content (AvgIpc) is 0.789. The van der Waals surface area contributed by atoms with Gasteiger partial charge in [-0.1, -0.05) is 75.4 Å². The number of rotatable bonds is 16. The molecule has 1 amide bonds. The maximum absolute atomic E-state index is 13.9. The molecule has 620 valence electrons. The molecule has 6 aromatic carbocycles. The maximum Gasteiger partial charge on any atom is 0.338 e. The normalized spacial score (nSPS) is 18.7. The molecule has 8 aromatic rings. The van der Waals surface area contributed by atoms with E-state index in [1.165, 1.54) is 30.4 Å². The lowest BCUT2D eigenvalue weighted by atomic mass is 9.79. The Balaban J connectivity index is 0.000000187. The quantitative estimate of drug-likeness (QED) is 0.0489. The largest absolute Gasteiger partial charge is 0.478 e. The van der Waals surface area contributed by atoms with Crippen LogP contribution in [0.3, 0.4) is 0 Å². The van der Waals surface area contributed by atoms with Gasteiger partial charge in [-0.15, -0.1) is 12.4 Å². The Morgan fingerprint density at radius 2 is 0.897 bits per heavy atom. The van der Waals surface area contributed by atoms with Gasteiger partial charge in [0.15, 0.2) is 0 Å². The fourth-order valence-corrected chi connectivity index (χ4v) is 18.7. The van der Waals surface area contributed by atoms with Crippen LogP contribution < -0.4 is 50.7 Å². The molecule has 5 fully saturated rings. The van der Waals surface area contributed by atoms with E-state index in [4.69, 9.17) is 15.0 Å². The van der Waals surface area contributed by atoms with Crippen LogP contribution in [0.2, 0.25) is 0 Å². The number of anilines is 7. The van der Waals surface area contributed by atoms with Gasteiger partial charge in [-0.2, -0.15) is 15.8 Å². The highest BCUT2D eigenvalue weighted by molar-refractivity contribution is 7.89. The fraction of sp³-hybridized carbons (Fsp3) is 0.416. The monoisotopic (exact) mass is 1650 g/mol. The number of piperidine rings is 3. The lowest BCUT2D eigenvalue weighted by molar-refractivity contribution is 0.0597. The first kappa shape index (κ1) is 90.1. The lowest BCUT2D eigenvalue weighted by Gasteiger charge is -2.40. The molecule has 25 nitrogen and oxygen atoms in total. The van der Waals surface area contributed by atoms with E-state index in [2.05, 4.69) is 106 Å².